The van der Waals surface area contributed by atoms with E-state index in [0.29, 0.717) is 5.12 Å². The van der Waals surface area contributed by atoms with Gasteiger partial charge in [-0.1, -0.05) is 30.0 Å². The molecule has 2 fully saturated rings. The van der Waals surface area contributed by atoms with Crippen molar-refractivity contribution < 1.29 is 4.79 Å². The average Bonchev–Trinajstić information content (AvgIpc) is 3.11. The van der Waals surface area contributed by atoms with E-state index in [1.165, 1.54) is 24.6 Å². The number of hydrogen-bond donors (Lipinski definition) is 0. The van der Waals surface area contributed by atoms with Crippen molar-refractivity contribution in [3.05, 3.63) is 30.3 Å². The van der Waals surface area contributed by atoms with E-state index >= 15 is 0 Å². The van der Waals surface area contributed by atoms with Gasteiger partial charge in [-0.25, -0.2) is 0 Å². The van der Waals surface area contributed by atoms with Crippen molar-refractivity contribution >= 4 is 16.9 Å². The molecule has 1 aromatic carbocycles. The summed E-state index contributed by atoms with van der Waals surface area (Å²) in [6.45, 7) is 0. The number of benzene rings is 1. The lowest BCUT2D eigenvalue weighted by Crippen LogP contribution is -2.14. The Labute approximate surface area is 94.3 Å². The van der Waals surface area contributed by atoms with Gasteiger partial charge in [-0.05, 0) is 43.7 Å². The van der Waals surface area contributed by atoms with Crippen LogP contribution in [0.1, 0.15) is 25.7 Å². The molecule has 15 heavy (non-hydrogen) atoms. The fourth-order valence-corrected chi connectivity index (χ4v) is 3.33. The highest BCUT2D eigenvalue weighted by Crippen LogP contribution is 2.63. The number of carbonyl (C=O) groups excluding carboxylic acids is 1. The van der Waals surface area contributed by atoms with Crippen LogP contribution in [-0.4, -0.2) is 5.12 Å². The molecule has 2 aliphatic rings. The number of carbonyl (C=O) groups is 1. The maximum absolute atomic E-state index is 12.1. The minimum atomic E-state index is 0.0977. The van der Waals surface area contributed by atoms with Gasteiger partial charge in [0.2, 0.25) is 0 Å². The first kappa shape index (κ1) is 9.46. The van der Waals surface area contributed by atoms with Crippen LogP contribution in [0.4, 0.5) is 0 Å². The predicted octanol–water partition coefficient (Wildman–Crippen LogP) is 3.50. The van der Waals surface area contributed by atoms with Crippen molar-refractivity contribution in [3.63, 3.8) is 0 Å². The summed E-state index contributed by atoms with van der Waals surface area (Å²) in [7, 11) is 0. The first-order valence-corrected chi connectivity index (χ1v) is 6.40. The van der Waals surface area contributed by atoms with Crippen LogP contribution in [0.25, 0.3) is 0 Å². The number of thioether (sulfide) groups is 1. The Morgan fingerprint density at radius 2 is 1.87 bits per heavy atom. The fourth-order valence-electron chi connectivity index (χ4n) is 2.25. The molecule has 0 N–H and O–H groups in total. The number of rotatable bonds is 3. The molecular weight excluding hydrogens is 204 g/mol. The molecule has 0 bridgehead atoms. The van der Waals surface area contributed by atoms with E-state index in [-0.39, 0.29) is 5.41 Å². The van der Waals surface area contributed by atoms with E-state index in [1.54, 1.807) is 0 Å². The minimum Gasteiger partial charge on any atom is -0.286 e. The first-order valence-electron chi connectivity index (χ1n) is 5.59. The van der Waals surface area contributed by atoms with Gasteiger partial charge in [0.15, 0.2) is 5.12 Å². The average molecular weight is 218 g/mol. The van der Waals surface area contributed by atoms with Gasteiger partial charge >= 0.3 is 0 Å². The fraction of sp³-hybridized carbons (Fsp3) is 0.462. The van der Waals surface area contributed by atoms with Crippen LogP contribution >= 0.6 is 11.8 Å². The summed E-state index contributed by atoms with van der Waals surface area (Å²) in [4.78, 5) is 13.2. The Morgan fingerprint density at radius 1 is 1.20 bits per heavy atom. The quantitative estimate of drug-likeness (QED) is 0.722. The van der Waals surface area contributed by atoms with Crippen LogP contribution in [-0.2, 0) is 4.79 Å². The van der Waals surface area contributed by atoms with E-state index in [4.69, 9.17) is 0 Å². The van der Waals surface area contributed by atoms with Crippen LogP contribution in [0.5, 0.6) is 0 Å². The summed E-state index contributed by atoms with van der Waals surface area (Å²) in [5.74, 6) is 0.723. The van der Waals surface area contributed by atoms with E-state index in [1.807, 2.05) is 30.3 Å². The van der Waals surface area contributed by atoms with Gasteiger partial charge in [0.1, 0.15) is 0 Å². The van der Waals surface area contributed by atoms with Crippen LogP contribution < -0.4 is 0 Å². The molecule has 0 aromatic heterocycles. The number of hydrogen-bond acceptors (Lipinski definition) is 2. The zero-order valence-corrected chi connectivity index (χ0v) is 9.43. The van der Waals surface area contributed by atoms with Gasteiger partial charge in [0.25, 0.3) is 0 Å². The third kappa shape index (κ3) is 1.71. The van der Waals surface area contributed by atoms with E-state index in [2.05, 4.69) is 0 Å². The SMILES string of the molecule is O=C(Sc1ccccc1)C1(C2CC2)CC1. The second-order valence-electron chi connectivity index (χ2n) is 4.63. The maximum atomic E-state index is 12.1. The third-order valence-corrected chi connectivity index (χ3v) is 4.61. The minimum absolute atomic E-state index is 0.0977. The molecule has 1 nitrogen and oxygen atoms in total. The Balaban J connectivity index is 1.71. The molecule has 2 heteroatoms. The largest absolute Gasteiger partial charge is 0.286 e. The summed E-state index contributed by atoms with van der Waals surface area (Å²) in [6.07, 6.45) is 4.83. The second kappa shape index (κ2) is 3.38. The Bertz CT molecular complexity index is 377. The molecule has 0 unspecified atom stereocenters. The lowest BCUT2D eigenvalue weighted by Gasteiger charge is -2.11. The van der Waals surface area contributed by atoms with Gasteiger partial charge in [-0.3, -0.25) is 4.79 Å². The van der Waals surface area contributed by atoms with Crippen molar-refractivity contribution in [2.24, 2.45) is 11.3 Å². The molecule has 3 rings (SSSR count). The molecule has 0 saturated heterocycles. The summed E-state index contributed by atoms with van der Waals surface area (Å²) in [5.41, 5.74) is 0.0977. The van der Waals surface area contributed by atoms with E-state index in [9.17, 15) is 4.79 Å². The Morgan fingerprint density at radius 3 is 2.40 bits per heavy atom. The topological polar surface area (TPSA) is 17.1 Å². The molecule has 0 atom stereocenters. The third-order valence-electron chi connectivity index (χ3n) is 3.51. The van der Waals surface area contributed by atoms with Gasteiger partial charge in [0.05, 0.1) is 0 Å². The van der Waals surface area contributed by atoms with E-state index in [0.717, 1.165) is 23.7 Å². The van der Waals surface area contributed by atoms with Crippen LogP contribution in [0.3, 0.4) is 0 Å². The molecule has 1 aromatic rings. The maximum Gasteiger partial charge on any atom is 0.200 e. The van der Waals surface area contributed by atoms with Crippen molar-refractivity contribution in [2.75, 3.05) is 0 Å². The normalized spacial score (nSPS) is 22.4. The standard InChI is InChI=1S/C13H14OS/c14-12(13(8-9-13)10-6-7-10)15-11-4-2-1-3-5-11/h1-5,10H,6-9H2. The summed E-state index contributed by atoms with van der Waals surface area (Å²) < 4.78 is 0. The lowest BCUT2D eigenvalue weighted by molar-refractivity contribution is -0.116. The zero-order chi connectivity index (χ0) is 10.3. The highest BCUT2D eigenvalue weighted by atomic mass is 32.2. The summed E-state index contributed by atoms with van der Waals surface area (Å²) >= 11 is 1.44. The second-order valence-corrected chi connectivity index (χ2v) is 5.68. The monoisotopic (exact) mass is 218 g/mol. The highest BCUT2D eigenvalue weighted by Gasteiger charge is 2.58. The van der Waals surface area contributed by atoms with Crippen molar-refractivity contribution in [1.29, 1.82) is 0 Å². The molecule has 0 spiro atoms. The van der Waals surface area contributed by atoms with Crippen LogP contribution in [0, 0.1) is 11.3 Å². The predicted molar refractivity (Wildman–Crippen MR) is 61.7 cm³/mol. The molecule has 0 heterocycles. The molecular formula is C13H14OS. The molecule has 0 aliphatic heterocycles. The highest BCUT2D eigenvalue weighted by molar-refractivity contribution is 8.13. The van der Waals surface area contributed by atoms with Gasteiger partial charge in [-0.2, -0.15) is 0 Å². The summed E-state index contributed by atoms with van der Waals surface area (Å²) in [6, 6.07) is 10.0. The molecule has 0 amide bonds. The van der Waals surface area contributed by atoms with Crippen LogP contribution in [0.2, 0.25) is 0 Å². The van der Waals surface area contributed by atoms with Gasteiger partial charge in [0, 0.05) is 10.3 Å². The van der Waals surface area contributed by atoms with Crippen molar-refractivity contribution in [2.45, 2.75) is 30.6 Å². The molecule has 78 valence electrons. The van der Waals surface area contributed by atoms with E-state index < -0.39 is 0 Å². The van der Waals surface area contributed by atoms with Gasteiger partial charge in [-0.15, -0.1) is 0 Å². The van der Waals surface area contributed by atoms with Crippen molar-refractivity contribution in [1.82, 2.24) is 0 Å². The Kier molecular flexibility index (Phi) is 2.13. The Hall–Kier alpha value is -0.760. The van der Waals surface area contributed by atoms with Gasteiger partial charge < -0.3 is 0 Å². The first-order chi connectivity index (χ1) is 7.31. The molecule has 2 saturated carbocycles. The molecule has 2 aliphatic carbocycles. The summed E-state index contributed by atoms with van der Waals surface area (Å²) in [5, 5.41) is 0.413. The smallest absolute Gasteiger partial charge is 0.200 e. The van der Waals surface area contributed by atoms with Crippen LogP contribution in [0.15, 0.2) is 35.2 Å². The van der Waals surface area contributed by atoms with Crippen molar-refractivity contribution in [3.8, 4) is 0 Å². The lowest BCUT2D eigenvalue weighted by atomic mass is 10.0. The zero-order valence-electron chi connectivity index (χ0n) is 8.61. The molecule has 0 radical (unpaired) electrons.